The van der Waals surface area contributed by atoms with E-state index in [0.29, 0.717) is 12.2 Å². The van der Waals surface area contributed by atoms with Crippen molar-refractivity contribution in [1.82, 2.24) is 10.3 Å². The van der Waals surface area contributed by atoms with Crippen LogP contribution in [0.5, 0.6) is 6.08 Å². The van der Waals surface area contributed by atoms with Crippen molar-refractivity contribution in [2.75, 3.05) is 13.2 Å². The zero-order chi connectivity index (χ0) is 13.6. The zero-order valence-corrected chi connectivity index (χ0v) is 9.76. The Labute approximate surface area is 101 Å². The van der Waals surface area contributed by atoms with E-state index in [9.17, 15) is 17.6 Å². The molecule has 0 aromatic carbocycles. The highest BCUT2D eigenvalue weighted by Gasteiger charge is 2.42. The van der Waals surface area contributed by atoms with Crippen LogP contribution in [0, 0.1) is 0 Å². The van der Waals surface area contributed by atoms with Crippen molar-refractivity contribution in [1.29, 1.82) is 0 Å². The second-order valence-electron chi connectivity index (χ2n) is 3.63. The van der Waals surface area contributed by atoms with Crippen LogP contribution in [0.25, 0.3) is 0 Å². The summed E-state index contributed by atoms with van der Waals surface area (Å²) in [7, 11) is 0. The van der Waals surface area contributed by atoms with Gasteiger partial charge in [-0.3, -0.25) is 0 Å². The minimum absolute atomic E-state index is 0.395. The Morgan fingerprint density at radius 1 is 1.50 bits per heavy atom. The van der Waals surface area contributed by atoms with Crippen molar-refractivity contribution >= 4 is 0 Å². The average molecular weight is 270 g/mol. The Morgan fingerprint density at radius 2 is 2.22 bits per heavy atom. The first-order valence-corrected chi connectivity index (χ1v) is 5.39. The molecule has 0 aliphatic rings. The number of nitrogens with one attached hydrogen (secondary N) is 1. The average Bonchev–Trinajstić information content (AvgIpc) is 2.75. The number of alkyl halides is 4. The van der Waals surface area contributed by atoms with Crippen molar-refractivity contribution in [3.8, 4) is 6.08 Å². The lowest BCUT2D eigenvalue weighted by atomic mass is 10.4. The molecule has 4 nitrogen and oxygen atoms in total. The van der Waals surface area contributed by atoms with Crippen LogP contribution in [0.15, 0.2) is 10.7 Å². The van der Waals surface area contributed by atoms with Gasteiger partial charge in [0.15, 0.2) is 6.61 Å². The molecule has 0 spiro atoms. The molecule has 1 rings (SSSR count). The fourth-order valence-electron chi connectivity index (χ4n) is 1.05. The lowest BCUT2D eigenvalue weighted by Crippen LogP contribution is -2.33. The van der Waals surface area contributed by atoms with Crippen molar-refractivity contribution in [2.24, 2.45) is 0 Å². The first-order chi connectivity index (χ1) is 8.45. The Hall–Kier alpha value is -1.31. The number of halogens is 4. The van der Waals surface area contributed by atoms with E-state index in [2.05, 4.69) is 15.0 Å². The topological polar surface area (TPSA) is 47.3 Å². The number of oxazole rings is 1. The van der Waals surface area contributed by atoms with Crippen LogP contribution in [-0.2, 0) is 6.54 Å². The third-order valence-electron chi connectivity index (χ3n) is 1.97. The molecule has 1 N–H and O–H groups in total. The molecule has 0 amide bonds. The number of nitrogens with zero attached hydrogens (tertiary/aromatic N) is 1. The van der Waals surface area contributed by atoms with Gasteiger partial charge >= 0.3 is 18.4 Å². The van der Waals surface area contributed by atoms with Gasteiger partial charge in [-0.2, -0.15) is 13.8 Å². The number of ether oxygens (including phenoxy) is 1. The van der Waals surface area contributed by atoms with Gasteiger partial charge in [-0.05, 0) is 13.0 Å². The predicted octanol–water partition coefficient (Wildman–Crippen LogP) is 2.45. The van der Waals surface area contributed by atoms with Gasteiger partial charge in [0.25, 0.3) is 0 Å². The number of hydrogen-bond acceptors (Lipinski definition) is 4. The molecular formula is C10H14F4N2O2. The highest BCUT2D eigenvalue weighted by Crippen LogP contribution is 2.24. The largest absolute Gasteiger partial charge is 0.444 e. The third-order valence-corrected chi connectivity index (χ3v) is 1.97. The molecule has 0 radical (unpaired) electrons. The van der Waals surface area contributed by atoms with Crippen molar-refractivity contribution in [3.05, 3.63) is 12.0 Å². The van der Waals surface area contributed by atoms with E-state index >= 15 is 0 Å². The molecule has 0 saturated carbocycles. The van der Waals surface area contributed by atoms with E-state index in [1.165, 1.54) is 6.26 Å². The summed E-state index contributed by atoms with van der Waals surface area (Å²) < 4.78 is 57.8. The van der Waals surface area contributed by atoms with E-state index in [4.69, 9.17) is 4.42 Å². The maximum absolute atomic E-state index is 12.5. The van der Waals surface area contributed by atoms with Gasteiger partial charge in [0.1, 0.15) is 6.26 Å². The standard InChI is InChI=1S/C10H14F4N2O2/c1-2-3-15-4-7-5-17-9(16-7)18-6-10(13,14)8(11)12/h5,8,15H,2-4,6H2,1H3. The lowest BCUT2D eigenvalue weighted by molar-refractivity contribution is -0.151. The highest BCUT2D eigenvalue weighted by molar-refractivity contribution is 4.99. The number of rotatable bonds is 8. The Morgan fingerprint density at radius 3 is 2.83 bits per heavy atom. The van der Waals surface area contributed by atoms with Crippen LogP contribution in [-0.4, -0.2) is 30.5 Å². The van der Waals surface area contributed by atoms with Gasteiger partial charge in [0.05, 0.1) is 5.69 Å². The summed E-state index contributed by atoms with van der Waals surface area (Å²) >= 11 is 0. The van der Waals surface area contributed by atoms with E-state index in [1.54, 1.807) is 0 Å². The molecule has 0 atom stereocenters. The zero-order valence-electron chi connectivity index (χ0n) is 9.76. The van der Waals surface area contributed by atoms with Crippen LogP contribution < -0.4 is 10.1 Å². The molecule has 104 valence electrons. The molecule has 1 aromatic rings. The van der Waals surface area contributed by atoms with Crippen molar-refractivity contribution in [2.45, 2.75) is 32.2 Å². The molecule has 0 saturated heterocycles. The number of aromatic nitrogens is 1. The second-order valence-corrected chi connectivity index (χ2v) is 3.63. The summed E-state index contributed by atoms with van der Waals surface area (Å²) in [6.45, 7) is 1.68. The molecule has 0 unspecified atom stereocenters. The minimum atomic E-state index is -4.21. The third kappa shape index (κ3) is 4.52. The monoisotopic (exact) mass is 270 g/mol. The van der Waals surface area contributed by atoms with Gasteiger partial charge in [0, 0.05) is 6.54 Å². The molecule has 0 aliphatic carbocycles. The van der Waals surface area contributed by atoms with Crippen LogP contribution in [0.3, 0.4) is 0 Å². The Bertz CT molecular complexity index is 357. The van der Waals surface area contributed by atoms with E-state index < -0.39 is 25.0 Å². The molecule has 0 aliphatic heterocycles. The van der Waals surface area contributed by atoms with Gasteiger partial charge in [-0.1, -0.05) is 6.92 Å². The normalized spacial score (nSPS) is 12.1. The minimum Gasteiger partial charge on any atom is -0.444 e. The predicted molar refractivity (Wildman–Crippen MR) is 54.9 cm³/mol. The molecule has 18 heavy (non-hydrogen) atoms. The molecule has 8 heteroatoms. The molecule has 0 fully saturated rings. The summed E-state index contributed by atoms with van der Waals surface area (Å²) in [6.07, 6.45) is -2.07. The maximum atomic E-state index is 12.5. The Balaban J connectivity index is 2.39. The highest BCUT2D eigenvalue weighted by atomic mass is 19.3. The quantitative estimate of drug-likeness (QED) is 0.582. The van der Waals surface area contributed by atoms with Crippen LogP contribution >= 0.6 is 0 Å². The van der Waals surface area contributed by atoms with Gasteiger partial charge in [0.2, 0.25) is 0 Å². The van der Waals surface area contributed by atoms with Crippen LogP contribution in [0.1, 0.15) is 19.0 Å². The number of hydrogen-bond donors (Lipinski definition) is 1. The summed E-state index contributed by atoms with van der Waals surface area (Å²) in [5, 5.41) is 3.01. The van der Waals surface area contributed by atoms with E-state index in [-0.39, 0.29) is 0 Å². The van der Waals surface area contributed by atoms with Crippen molar-refractivity contribution in [3.63, 3.8) is 0 Å². The summed E-state index contributed by atoms with van der Waals surface area (Å²) in [6, 6.07) is 0. The molecule has 0 bridgehead atoms. The fraction of sp³-hybridized carbons (Fsp3) is 0.700. The van der Waals surface area contributed by atoms with Crippen LogP contribution in [0.4, 0.5) is 17.6 Å². The van der Waals surface area contributed by atoms with E-state index in [0.717, 1.165) is 13.0 Å². The lowest BCUT2D eigenvalue weighted by Gasteiger charge is -2.13. The second kappa shape index (κ2) is 6.58. The smallest absolute Gasteiger partial charge is 0.393 e. The summed E-state index contributed by atoms with van der Waals surface area (Å²) in [4.78, 5) is 3.71. The van der Waals surface area contributed by atoms with E-state index in [1.807, 2.05) is 6.92 Å². The molecular weight excluding hydrogens is 256 g/mol. The maximum Gasteiger partial charge on any atom is 0.393 e. The summed E-state index contributed by atoms with van der Waals surface area (Å²) in [5.41, 5.74) is 0.457. The first kappa shape index (κ1) is 14.7. The Kier molecular flexibility index (Phi) is 5.39. The van der Waals surface area contributed by atoms with Gasteiger partial charge in [-0.15, -0.1) is 0 Å². The van der Waals surface area contributed by atoms with Crippen molar-refractivity contribution < 1.29 is 26.7 Å². The SMILES string of the molecule is CCCNCc1coc(OCC(F)(F)C(F)F)n1. The first-order valence-electron chi connectivity index (χ1n) is 5.39. The summed E-state index contributed by atoms with van der Waals surface area (Å²) in [5.74, 6) is -4.21. The molecule has 1 aromatic heterocycles. The fourth-order valence-corrected chi connectivity index (χ4v) is 1.05. The van der Waals surface area contributed by atoms with Gasteiger partial charge in [-0.25, -0.2) is 8.78 Å². The van der Waals surface area contributed by atoms with Gasteiger partial charge < -0.3 is 14.5 Å². The van der Waals surface area contributed by atoms with Crippen LogP contribution in [0.2, 0.25) is 0 Å². The molecule has 1 heterocycles.